The summed E-state index contributed by atoms with van der Waals surface area (Å²) in [6, 6.07) is 10.6. The van der Waals surface area contributed by atoms with Gasteiger partial charge in [-0.1, -0.05) is 17.4 Å². The summed E-state index contributed by atoms with van der Waals surface area (Å²) in [6.45, 7) is 3.11. The number of ether oxygens (including phenoxy) is 1. The van der Waals surface area contributed by atoms with Crippen molar-refractivity contribution in [2.45, 2.75) is 25.8 Å². The number of rotatable bonds is 4. The molecular weight excluding hydrogens is 348 g/mol. The van der Waals surface area contributed by atoms with Crippen molar-refractivity contribution in [2.75, 3.05) is 23.8 Å². The van der Waals surface area contributed by atoms with E-state index in [-0.39, 0.29) is 5.91 Å². The van der Waals surface area contributed by atoms with E-state index in [4.69, 9.17) is 4.74 Å². The van der Waals surface area contributed by atoms with Crippen LogP contribution in [0.25, 0.3) is 21.3 Å². The number of fused-ring (bicyclic) bond motifs is 1. The summed E-state index contributed by atoms with van der Waals surface area (Å²) in [7, 11) is 0. The molecular formula is C19H20N4O2S. The number of benzene rings is 1. The number of carbonyl (C=O) groups excluding carboxylic acids is 1. The molecule has 4 rings (SSSR count). The first-order valence-electron chi connectivity index (χ1n) is 8.66. The van der Waals surface area contributed by atoms with E-state index in [1.807, 2.05) is 24.4 Å². The molecule has 134 valence electrons. The first kappa shape index (κ1) is 16.9. The number of aromatic nitrogens is 2. The predicted octanol–water partition coefficient (Wildman–Crippen LogP) is 3.91. The molecule has 0 saturated carbocycles. The van der Waals surface area contributed by atoms with Crippen LogP contribution in [0.4, 0.5) is 10.9 Å². The van der Waals surface area contributed by atoms with Crippen LogP contribution in [-0.4, -0.2) is 35.1 Å². The largest absolute Gasteiger partial charge is 0.381 e. The van der Waals surface area contributed by atoms with Crippen molar-refractivity contribution in [1.82, 2.24) is 9.97 Å². The topological polar surface area (TPSA) is 76.1 Å². The van der Waals surface area contributed by atoms with E-state index in [2.05, 4.69) is 32.7 Å². The van der Waals surface area contributed by atoms with E-state index in [1.165, 1.54) is 18.3 Å². The van der Waals surface area contributed by atoms with E-state index in [0.29, 0.717) is 11.2 Å². The summed E-state index contributed by atoms with van der Waals surface area (Å²) in [5.41, 5.74) is 3.02. The number of carbonyl (C=O) groups is 1. The second-order valence-corrected chi connectivity index (χ2v) is 7.38. The number of nitrogens with one attached hydrogen (secondary N) is 2. The van der Waals surface area contributed by atoms with E-state index in [9.17, 15) is 4.79 Å². The molecule has 0 aliphatic carbocycles. The van der Waals surface area contributed by atoms with Crippen molar-refractivity contribution >= 4 is 38.4 Å². The lowest BCUT2D eigenvalue weighted by Gasteiger charge is -2.23. The second-order valence-electron chi connectivity index (χ2n) is 6.35. The first-order valence-corrected chi connectivity index (χ1v) is 9.48. The number of nitrogens with zero attached hydrogens (tertiary/aromatic N) is 2. The summed E-state index contributed by atoms with van der Waals surface area (Å²) in [5, 5.41) is 6.83. The molecule has 7 heteroatoms. The molecule has 0 atom stereocenters. The molecule has 3 heterocycles. The number of thiazole rings is 1. The molecule has 0 bridgehead atoms. The van der Waals surface area contributed by atoms with Gasteiger partial charge in [-0.05, 0) is 42.7 Å². The lowest BCUT2D eigenvalue weighted by atomic mass is 10.1. The van der Waals surface area contributed by atoms with Crippen LogP contribution in [-0.2, 0) is 9.53 Å². The van der Waals surface area contributed by atoms with Crippen LogP contribution in [0.15, 0.2) is 36.5 Å². The Balaban J connectivity index is 1.51. The Morgan fingerprint density at radius 3 is 2.73 bits per heavy atom. The van der Waals surface area contributed by atoms with E-state index < -0.39 is 0 Å². The maximum absolute atomic E-state index is 11.2. The van der Waals surface area contributed by atoms with Crippen molar-refractivity contribution in [3.8, 4) is 11.1 Å². The third-order valence-electron chi connectivity index (χ3n) is 4.34. The second kappa shape index (κ2) is 7.39. The first-order chi connectivity index (χ1) is 12.7. The Labute approximate surface area is 155 Å². The van der Waals surface area contributed by atoms with Gasteiger partial charge in [-0.25, -0.2) is 9.97 Å². The number of amides is 1. The summed E-state index contributed by atoms with van der Waals surface area (Å²) in [4.78, 5) is 20.2. The zero-order valence-electron chi connectivity index (χ0n) is 14.5. The van der Waals surface area contributed by atoms with Gasteiger partial charge >= 0.3 is 0 Å². The van der Waals surface area contributed by atoms with Crippen LogP contribution in [0.3, 0.4) is 0 Å². The van der Waals surface area contributed by atoms with Crippen molar-refractivity contribution in [3.63, 3.8) is 0 Å². The lowest BCUT2D eigenvalue weighted by Crippen LogP contribution is -2.28. The highest BCUT2D eigenvalue weighted by molar-refractivity contribution is 7.22. The molecule has 2 aromatic heterocycles. The van der Waals surface area contributed by atoms with Gasteiger partial charge in [-0.2, -0.15) is 0 Å². The van der Waals surface area contributed by atoms with E-state index in [1.54, 1.807) is 0 Å². The summed E-state index contributed by atoms with van der Waals surface area (Å²) >= 11 is 1.47. The smallest absolute Gasteiger partial charge is 0.223 e. The van der Waals surface area contributed by atoms with E-state index in [0.717, 1.165) is 53.2 Å². The zero-order valence-corrected chi connectivity index (χ0v) is 15.3. The summed E-state index contributed by atoms with van der Waals surface area (Å²) < 4.78 is 6.42. The third kappa shape index (κ3) is 3.84. The highest BCUT2D eigenvalue weighted by Gasteiger charge is 2.14. The van der Waals surface area contributed by atoms with Gasteiger partial charge in [0, 0.05) is 37.9 Å². The molecule has 1 amide bonds. The minimum absolute atomic E-state index is 0.110. The average Bonchev–Trinajstić information content (AvgIpc) is 3.04. The Bertz CT molecular complexity index is 917. The van der Waals surface area contributed by atoms with Crippen LogP contribution in [0.2, 0.25) is 0 Å². The lowest BCUT2D eigenvalue weighted by molar-refractivity contribution is -0.114. The molecule has 1 saturated heterocycles. The van der Waals surface area contributed by atoms with Crippen molar-refractivity contribution in [1.29, 1.82) is 0 Å². The maximum atomic E-state index is 11.2. The number of pyridine rings is 1. The number of hydrogen-bond donors (Lipinski definition) is 2. The Morgan fingerprint density at radius 2 is 2.00 bits per heavy atom. The molecule has 1 aliphatic heterocycles. The summed E-state index contributed by atoms with van der Waals surface area (Å²) in [5.74, 6) is 0.786. The van der Waals surface area contributed by atoms with Gasteiger partial charge in [-0.3, -0.25) is 4.79 Å². The zero-order chi connectivity index (χ0) is 17.9. The maximum Gasteiger partial charge on any atom is 0.223 e. The van der Waals surface area contributed by atoms with Crippen LogP contribution in [0.1, 0.15) is 19.8 Å². The molecule has 1 aliphatic rings. The third-order valence-corrected chi connectivity index (χ3v) is 5.28. The van der Waals surface area contributed by atoms with Gasteiger partial charge < -0.3 is 15.4 Å². The molecule has 6 nitrogen and oxygen atoms in total. The molecule has 0 radical (unpaired) electrons. The molecule has 3 aromatic rings. The minimum atomic E-state index is -0.110. The van der Waals surface area contributed by atoms with Crippen LogP contribution < -0.4 is 10.6 Å². The van der Waals surface area contributed by atoms with Crippen LogP contribution >= 0.6 is 11.3 Å². The Morgan fingerprint density at radius 1 is 1.19 bits per heavy atom. The monoisotopic (exact) mass is 368 g/mol. The Kier molecular flexibility index (Phi) is 4.81. The van der Waals surface area contributed by atoms with E-state index >= 15 is 0 Å². The molecule has 26 heavy (non-hydrogen) atoms. The fourth-order valence-corrected chi connectivity index (χ4v) is 3.96. The van der Waals surface area contributed by atoms with Crippen LogP contribution in [0, 0.1) is 0 Å². The van der Waals surface area contributed by atoms with Gasteiger partial charge in [0.2, 0.25) is 5.91 Å². The Hall–Kier alpha value is -2.51. The minimum Gasteiger partial charge on any atom is -0.381 e. The fourth-order valence-electron chi connectivity index (χ4n) is 3.01. The van der Waals surface area contributed by atoms with Gasteiger partial charge in [0.05, 0.1) is 10.2 Å². The predicted molar refractivity (Wildman–Crippen MR) is 105 cm³/mol. The number of anilines is 2. The van der Waals surface area contributed by atoms with Crippen molar-refractivity contribution in [3.05, 3.63) is 36.5 Å². The molecule has 0 unspecified atom stereocenters. The molecule has 1 fully saturated rings. The molecule has 1 aromatic carbocycles. The average molecular weight is 368 g/mol. The molecule has 2 N–H and O–H groups in total. The van der Waals surface area contributed by atoms with Gasteiger partial charge in [0.1, 0.15) is 5.82 Å². The normalized spacial score (nSPS) is 15.1. The molecule has 0 spiro atoms. The van der Waals surface area contributed by atoms with Crippen LogP contribution in [0.5, 0.6) is 0 Å². The standard InChI is InChI=1S/C19H20N4O2S/c1-12(24)21-19-23-16-4-2-13(10-17(16)26-19)14-3-5-18(20-11-14)22-15-6-8-25-9-7-15/h2-5,10-11,15H,6-9H2,1H3,(H,20,22)(H,21,23,24). The van der Waals surface area contributed by atoms with Gasteiger partial charge in [-0.15, -0.1) is 0 Å². The summed E-state index contributed by atoms with van der Waals surface area (Å²) in [6.07, 6.45) is 3.92. The fraction of sp³-hybridized carbons (Fsp3) is 0.316. The highest BCUT2D eigenvalue weighted by Crippen LogP contribution is 2.30. The van der Waals surface area contributed by atoms with Gasteiger partial charge in [0.25, 0.3) is 0 Å². The number of hydrogen-bond acceptors (Lipinski definition) is 6. The quantitative estimate of drug-likeness (QED) is 0.730. The van der Waals surface area contributed by atoms with Gasteiger partial charge in [0.15, 0.2) is 5.13 Å². The SMILES string of the molecule is CC(=O)Nc1nc2ccc(-c3ccc(NC4CCOCC4)nc3)cc2s1. The van der Waals surface area contributed by atoms with Crippen molar-refractivity contribution in [2.24, 2.45) is 0 Å². The van der Waals surface area contributed by atoms with Crippen molar-refractivity contribution < 1.29 is 9.53 Å². The highest BCUT2D eigenvalue weighted by atomic mass is 32.1.